The van der Waals surface area contributed by atoms with Crippen molar-refractivity contribution in [3.05, 3.63) is 203 Å². The fraction of sp³-hybridized carbons (Fsp3) is 0.323. The largest absolute Gasteiger partial charge is 3.00 e. The van der Waals surface area contributed by atoms with Crippen molar-refractivity contribution in [1.82, 2.24) is 19.9 Å². The van der Waals surface area contributed by atoms with E-state index in [0.717, 1.165) is 126 Å². The Kier molecular flexibility index (Phi) is 12.9. The summed E-state index contributed by atoms with van der Waals surface area (Å²) in [5.74, 6) is -0.634. The monoisotopic (exact) mass is 1110 g/mol. The quantitative estimate of drug-likeness (QED) is 0.108. The van der Waals surface area contributed by atoms with Crippen LogP contribution in [0, 0.1) is 18.2 Å². The van der Waals surface area contributed by atoms with Crippen LogP contribution >= 0.6 is 0 Å². The van der Waals surface area contributed by atoms with Crippen LogP contribution in [0.3, 0.4) is 0 Å². The normalized spacial score (nSPS) is 17.4. The molecule has 3 aliphatic carbocycles. The molecule has 5 nitrogen and oxygen atoms in total. The third kappa shape index (κ3) is 9.47. The van der Waals surface area contributed by atoms with Crippen LogP contribution in [0.2, 0.25) is 0 Å². The average Bonchev–Trinajstić information content (AvgIpc) is 4.25. The van der Waals surface area contributed by atoms with Crippen molar-refractivity contribution >= 4 is 22.1 Å². The van der Waals surface area contributed by atoms with Gasteiger partial charge in [0.2, 0.25) is 5.71 Å². The van der Waals surface area contributed by atoms with Gasteiger partial charge in [-0.15, -0.1) is 90.0 Å². The summed E-state index contributed by atoms with van der Waals surface area (Å²) in [7, 11) is 0. The Balaban J connectivity index is 0.00000560. The van der Waals surface area contributed by atoms with E-state index >= 15 is 0 Å². The smallest absolute Gasteiger partial charge is 0.486 e. The van der Waals surface area contributed by atoms with E-state index < -0.39 is 5.89 Å². The van der Waals surface area contributed by atoms with Gasteiger partial charge in [0.1, 0.15) is 0 Å². The first-order chi connectivity index (χ1) is 34.6. The van der Waals surface area contributed by atoms with E-state index in [9.17, 15) is 0 Å². The van der Waals surface area contributed by atoms with Gasteiger partial charge in [-0.05, 0) is 126 Å². The van der Waals surface area contributed by atoms with Gasteiger partial charge < -0.3 is 19.4 Å². The molecule has 6 heteroatoms. The van der Waals surface area contributed by atoms with Gasteiger partial charge in [-0.2, -0.15) is 0 Å². The Bertz CT molecular complexity index is 3190. The number of benzene rings is 4. The van der Waals surface area contributed by atoms with E-state index in [1.165, 1.54) is 59.1 Å². The zero-order valence-corrected chi connectivity index (χ0v) is 43.4. The molecule has 3 saturated carbocycles. The van der Waals surface area contributed by atoms with Crippen molar-refractivity contribution in [2.45, 2.75) is 132 Å². The van der Waals surface area contributed by atoms with Gasteiger partial charge in [0, 0.05) is 47.8 Å². The van der Waals surface area contributed by atoms with E-state index in [0.29, 0.717) is 5.71 Å². The van der Waals surface area contributed by atoms with Crippen LogP contribution < -0.4 is 0 Å². The number of hydrogen-bond acceptors (Lipinski definition) is 5. The first-order valence-corrected chi connectivity index (χ1v) is 25.8. The molecular formula is C65H61IrN4O. The van der Waals surface area contributed by atoms with Gasteiger partial charge in [0.25, 0.3) is 0 Å². The molecule has 5 aromatic heterocycles. The van der Waals surface area contributed by atoms with Crippen LogP contribution in [0.25, 0.3) is 55.8 Å². The summed E-state index contributed by atoms with van der Waals surface area (Å²) in [5, 5.41) is 1.96. The average molecular weight is 1110 g/mol. The summed E-state index contributed by atoms with van der Waals surface area (Å²) in [4.78, 5) is 20.1. The maximum atomic E-state index is 9.07. The minimum atomic E-state index is -0.634. The Labute approximate surface area is 434 Å². The molecule has 71 heavy (non-hydrogen) atoms. The molecule has 0 bridgehead atoms. The van der Waals surface area contributed by atoms with Gasteiger partial charge in [-0.3, -0.25) is 0 Å². The third-order valence-corrected chi connectivity index (χ3v) is 16.4. The number of pyridine rings is 4. The van der Waals surface area contributed by atoms with Gasteiger partial charge in [0.15, 0.2) is 0 Å². The number of aromatic nitrogens is 4. The standard InChI is InChI=1S/C65H61N4O.Ir/c1-63(2,51-24-30-60(68-42-51)56-23-15-22-54-55-27-31-59(50-20-9-10-21-50)69-62(55)70-61(54)56)39-45-36-46(40-64(32-11-12-33-64)52-25-28-57(66-43-52)48-16-5-3-6-17-48)38-47(37-45)41-65(34-13-14-35-65)53-26-29-58(67-44-53)49-18-7-4-8-19-49;/h3-8,15-16,18,22,24-31,36-38,42-44,50H,9-14,20-21,32-35,39-41H2,1-2H3;/q-3;+3/i50D;. The molecule has 0 unspecified atom stereocenters. The van der Waals surface area contributed by atoms with Crippen LogP contribution in [0.5, 0.6) is 0 Å². The first kappa shape index (κ1) is 46.0. The number of nitrogens with zero attached hydrogens (tertiary/aromatic N) is 4. The Hall–Kier alpha value is -6.07. The maximum absolute atomic E-state index is 9.07. The number of fused-ring (bicyclic) bond motifs is 3. The van der Waals surface area contributed by atoms with Crippen molar-refractivity contribution in [2.24, 2.45) is 0 Å². The molecule has 4 aromatic carbocycles. The molecule has 0 atom stereocenters. The summed E-state index contributed by atoms with van der Waals surface area (Å²) < 4.78 is 15.6. The van der Waals surface area contributed by atoms with Crippen molar-refractivity contribution in [1.29, 1.82) is 0 Å². The second-order valence-corrected chi connectivity index (χ2v) is 21.5. The van der Waals surface area contributed by atoms with E-state index in [1.54, 1.807) is 0 Å². The van der Waals surface area contributed by atoms with E-state index in [-0.39, 0.29) is 36.4 Å². The Morgan fingerprint density at radius 1 is 0.592 bits per heavy atom. The molecule has 356 valence electrons. The minimum Gasteiger partial charge on any atom is -0.486 e. The van der Waals surface area contributed by atoms with E-state index in [2.05, 4.69) is 142 Å². The molecule has 9 aromatic rings. The molecule has 12 rings (SSSR count). The van der Waals surface area contributed by atoms with Crippen LogP contribution in [0.1, 0.15) is 137 Å². The van der Waals surface area contributed by atoms with E-state index in [1.807, 2.05) is 36.4 Å². The molecule has 0 N–H and O–H groups in total. The van der Waals surface area contributed by atoms with Crippen molar-refractivity contribution < 1.29 is 25.9 Å². The summed E-state index contributed by atoms with van der Waals surface area (Å²) in [6.07, 6.45) is 22.7. The molecule has 0 radical (unpaired) electrons. The van der Waals surface area contributed by atoms with Gasteiger partial charge in [-0.25, -0.2) is 4.98 Å². The van der Waals surface area contributed by atoms with Crippen LogP contribution in [0.4, 0.5) is 0 Å². The molecule has 0 aliphatic heterocycles. The third-order valence-electron chi connectivity index (χ3n) is 16.4. The second kappa shape index (κ2) is 19.9. The molecule has 5 heterocycles. The van der Waals surface area contributed by atoms with Gasteiger partial charge >= 0.3 is 20.1 Å². The molecule has 3 aliphatic rings. The molecule has 0 amide bonds. The number of rotatable bonds is 13. The topological polar surface area (TPSA) is 64.7 Å². The first-order valence-electron chi connectivity index (χ1n) is 26.3. The zero-order valence-electron chi connectivity index (χ0n) is 42.0. The minimum absolute atomic E-state index is 0. The van der Waals surface area contributed by atoms with Crippen LogP contribution in [-0.4, -0.2) is 19.9 Å². The van der Waals surface area contributed by atoms with Crippen molar-refractivity contribution in [3.8, 4) is 33.8 Å². The number of furan rings is 1. The van der Waals surface area contributed by atoms with E-state index in [4.69, 9.17) is 25.7 Å². The van der Waals surface area contributed by atoms with Gasteiger partial charge in [-0.1, -0.05) is 118 Å². The fourth-order valence-corrected chi connectivity index (χ4v) is 12.6. The van der Waals surface area contributed by atoms with Crippen LogP contribution in [0.15, 0.2) is 150 Å². The fourth-order valence-electron chi connectivity index (χ4n) is 12.6. The summed E-state index contributed by atoms with van der Waals surface area (Å²) in [5.41, 5.74) is 15.8. The molecule has 3 fully saturated rings. The van der Waals surface area contributed by atoms with Gasteiger partial charge in [0.05, 0.1) is 5.58 Å². The summed E-state index contributed by atoms with van der Waals surface area (Å²) in [6, 6.07) is 55.6. The van der Waals surface area contributed by atoms with Crippen molar-refractivity contribution in [3.63, 3.8) is 0 Å². The zero-order chi connectivity index (χ0) is 48.0. The Morgan fingerprint density at radius 3 is 1.70 bits per heavy atom. The van der Waals surface area contributed by atoms with Crippen LogP contribution in [-0.2, 0) is 55.6 Å². The molecule has 0 saturated heterocycles. The Morgan fingerprint density at radius 2 is 1.17 bits per heavy atom. The predicted octanol–water partition coefficient (Wildman–Crippen LogP) is 15.9. The number of hydrogen-bond donors (Lipinski definition) is 0. The summed E-state index contributed by atoms with van der Waals surface area (Å²) in [6.45, 7) is 4.72. The SMILES string of the molecule is [2H]C1(c2ccc3c(n2)oc2c(-c4ccc(C(C)(C)Cc5cc(CC6(c7ccc(-c8[c-]cccc8)nc7)CCCC6)cc(CC6(c7ccc(-c8[c-]cccc8)nc7)CCCC6)c5)cn4)[c-]ccc23)CCCC1.[Ir+3]. The van der Waals surface area contributed by atoms with Crippen molar-refractivity contribution in [2.75, 3.05) is 0 Å². The maximum Gasteiger partial charge on any atom is 3.00 e. The summed E-state index contributed by atoms with van der Waals surface area (Å²) >= 11 is 0. The molecular weight excluding hydrogens is 1040 g/mol. The second-order valence-electron chi connectivity index (χ2n) is 21.5. The molecule has 0 spiro atoms. The predicted molar refractivity (Wildman–Crippen MR) is 283 cm³/mol.